The zero-order chi connectivity index (χ0) is 14.9. The van der Waals surface area contributed by atoms with Crippen molar-refractivity contribution >= 4 is 11.6 Å². The SMILES string of the molecule is CCC1(CC)CC(OC)Cc2ccc(C(N)=O)c(N)c21. The van der Waals surface area contributed by atoms with Gasteiger partial charge in [-0.3, -0.25) is 4.79 Å². The fourth-order valence-corrected chi connectivity index (χ4v) is 3.59. The molecule has 20 heavy (non-hydrogen) atoms. The predicted octanol–water partition coefficient (Wildman–Crippen LogP) is 2.39. The summed E-state index contributed by atoms with van der Waals surface area (Å²) < 4.78 is 5.59. The lowest BCUT2D eigenvalue weighted by molar-refractivity contribution is 0.0611. The Labute approximate surface area is 120 Å². The van der Waals surface area contributed by atoms with Crippen molar-refractivity contribution in [3.63, 3.8) is 0 Å². The maximum atomic E-state index is 11.5. The van der Waals surface area contributed by atoms with Crippen molar-refractivity contribution in [2.24, 2.45) is 5.73 Å². The number of nitrogens with two attached hydrogens (primary N) is 2. The highest BCUT2D eigenvalue weighted by Gasteiger charge is 2.40. The molecule has 4 nitrogen and oxygen atoms in total. The number of fused-ring (bicyclic) bond motifs is 1. The van der Waals surface area contributed by atoms with Gasteiger partial charge in [0.25, 0.3) is 5.91 Å². The largest absolute Gasteiger partial charge is 0.398 e. The number of anilines is 1. The Morgan fingerprint density at radius 3 is 2.55 bits per heavy atom. The van der Waals surface area contributed by atoms with Crippen LogP contribution in [-0.2, 0) is 16.6 Å². The Morgan fingerprint density at radius 2 is 2.05 bits per heavy atom. The number of hydrogen-bond acceptors (Lipinski definition) is 3. The Bertz CT molecular complexity index is 521. The lowest BCUT2D eigenvalue weighted by Crippen LogP contribution is -2.39. The molecular weight excluding hydrogens is 252 g/mol. The molecule has 4 heteroatoms. The molecule has 1 aliphatic rings. The average molecular weight is 276 g/mol. The first-order valence-electron chi connectivity index (χ1n) is 7.23. The second kappa shape index (κ2) is 5.44. The van der Waals surface area contributed by atoms with Crippen LogP contribution in [0.2, 0.25) is 0 Å². The minimum absolute atomic E-state index is 0.0240. The van der Waals surface area contributed by atoms with Crippen molar-refractivity contribution in [3.8, 4) is 0 Å². The topological polar surface area (TPSA) is 78.3 Å². The van der Waals surface area contributed by atoms with E-state index in [-0.39, 0.29) is 11.5 Å². The van der Waals surface area contributed by atoms with E-state index in [1.807, 2.05) is 6.07 Å². The van der Waals surface area contributed by atoms with Crippen LogP contribution in [0.1, 0.15) is 54.6 Å². The standard InChI is InChI=1S/C16H24N2O2/c1-4-16(5-2)9-11(20-3)8-10-6-7-12(15(18)19)14(17)13(10)16/h6-7,11H,4-5,8-9,17H2,1-3H3,(H2,18,19). The fourth-order valence-electron chi connectivity index (χ4n) is 3.59. The second-order valence-corrected chi connectivity index (χ2v) is 5.68. The van der Waals surface area contributed by atoms with Gasteiger partial charge in [-0.05, 0) is 48.3 Å². The number of amides is 1. The van der Waals surface area contributed by atoms with Gasteiger partial charge in [0.2, 0.25) is 0 Å². The van der Waals surface area contributed by atoms with Crippen molar-refractivity contribution < 1.29 is 9.53 Å². The quantitative estimate of drug-likeness (QED) is 0.829. The van der Waals surface area contributed by atoms with Gasteiger partial charge in [-0.2, -0.15) is 0 Å². The van der Waals surface area contributed by atoms with Crippen molar-refractivity contribution in [1.29, 1.82) is 0 Å². The summed E-state index contributed by atoms with van der Waals surface area (Å²) in [6.45, 7) is 4.34. The summed E-state index contributed by atoms with van der Waals surface area (Å²) in [5.74, 6) is -0.458. The zero-order valence-electron chi connectivity index (χ0n) is 12.5. The number of carbonyl (C=O) groups excluding carboxylic acids is 1. The molecule has 1 aromatic rings. The van der Waals surface area contributed by atoms with Crippen LogP contribution in [0.4, 0.5) is 5.69 Å². The average Bonchev–Trinajstić information content (AvgIpc) is 2.45. The molecule has 1 amide bonds. The minimum Gasteiger partial charge on any atom is -0.398 e. The summed E-state index contributed by atoms with van der Waals surface area (Å²) in [5, 5.41) is 0. The van der Waals surface area contributed by atoms with E-state index in [2.05, 4.69) is 13.8 Å². The molecule has 0 saturated carbocycles. The first-order chi connectivity index (χ1) is 9.49. The number of nitrogen functional groups attached to an aromatic ring is 1. The summed E-state index contributed by atoms with van der Waals surface area (Å²) in [6.07, 6.45) is 3.94. The van der Waals surface area contributed by atoms with Gasteiger partial charge in [0.05, 0.1) is 11.7 Å². The highest BCUT2D eigenvalue weighted by atomic mass is 16.5. The van der Waals surface area contributed by atoms with Crippen LogP contribution in [0.15, 0.2) is 12.1 Å². The summed E-state index contributed by atoms with van der Waals surface area (Å²) in [6, 6.07) is 3.72. The van der Waals surface area contributed by atoms with Crippen LogP contribution in [0, 0.1) is 0 Å². The first-order valence-corrected chi connectivity index (χ1v) is 7.23. The molecule has 1 atom stereocenters. The highest BCUT2D eigenvalue weighted by molar-refractivity contribution is 5.99. The van der Waals surface area contributed by atoms with Gasteiger partial charge in [0.1, 0.15) is 0 Å². The molecule has 0 spiro atoms. The molecule has 1 aliphatic carbocycles. The van der Waals surface area contributed by atoms with Gasteiger partial charge < -0.3 is 16.2 Å². The molecule has 4 N–H and O–H groups in total. The number of carbonyl (C=O) groups is 1. The third-order valence-corrected chi connectivity index (χ3v) is 4.88. The molecule has 0 fully saturated rings. The lowest BCUT2D eigenvalue weighted by atomic mass is 9.65. The molecule has 1 unspecified atom stereocenters. The van der Waals surface area contributed by atoms with Gasteiger partial charge in [-0.15, -0.1) is 0 Å². The molecule has 0 aromatic heterocycles. The molecule has 0 heterocycles. The van der Waals surface area contributed by atoms with Crippen LogP contribution in [-0.4, -0.2) is 19.1 Å². The first kappa shape index (κ1) is 14.9. The van der Waals surface area contributed by atoms with E-state index < -0.39 is 5.91 Å². The molecule has 0 aliphatic heterocycles. The molecule has 1 aromatic carbocycles. The van der Waals surface area contributed by atoms with Crippen LogP contribution in [0.25, 0.3) is 0 Å². The number of benzene rings is 1. The van der Waals surface area contributed by atoms with E-state index in [0.29, 0.717) is 11.3 Å². The summed E-state index contributed by atoms with van der Waals surface area (Å²) in [5.41, 5.74) is 15.0. The molecule has 0 radical (unpaired) electrons. The number of hydrogen-bond donors (Lipinski definition) is 2. The molecule has 110 valence electrons. The summed E-state index contributed by atoms with van der Waals surface area (Å²) in [7, 11) is 1.76. The Balaban J connectivity index is 2.66. The molecule has 0 saturated heterocycles. The van der Waals surface area contributed by atoms with Gasteiger partial charge in [-0.1, -0.05) is 19.9 Å². The number of methoxy groups -OCH3 is 1. The third kappa shape index (κ3) is 2.18. The third-order valence-electron chi connectivity index (χ3n) is 4.88. The normalized spacial score (nSPS) is 20.4. The zero-order valence-corrected chi connectivity index (χ0v) is 12.5. The van der Waals surface area contributed by atoms with E-state index in [1.165, 1.54) is 5.56 Å². The van der Waals surface area contributed by atoms with Gasteiger partial charge in [0.15, 0.2) is 0 Å². The Hall–Kier alpha value is -1.55. The Kier molecular flexibility index (Phi) is 4.04. The van der Waals surface area contributed by atoms with Crippen LogP contribution in [0.5, 0.6) is 0 Å². The fraction of sp³-hybridized carbons (Fsp3) is 0.562. The van der Waals surface area contributed by atoms with Crippen molar-refractivity contribution in [3.05, 3.63) is 28.8 Å². The van der Waals surface area contributed by atoms with Gasteiger partial charge in [-0.25, -0.2) is 0 Å². The van der Waals surface area contributed by atoms with E-state index in [4.69, 9.17) is 16.2 Å². The maximum absolute atomic E-state index is 11.5. The van der Waals surface area contributed by atoms with E-state index in [9.17, 15) is 4.79 Å². The van der Waals surface area contributed by atoms with E-state index >= 15 is 0 Å². The minimum atomic E-state index is -0.458. The predicted molar refractivity (Wildman–Crippen MR) is 80.8 cm³/mol. The number of primary amides is 1. The van der Waals surface area contributed by atoms with Gasteiger partial charge >= 0.3 is 0 Å². The van der Waals surface area contributed by atoms with E-state index in [0.717, 1.165) is 31.2 Å². The highest BCUT2D eigenvalue weighted by Crippen LogP contribution is 2.46. The van der Waals surface area contributed by atoms with Crippen LogP contribution >= 0.6 is 0 Å². The molecule has 0 bridgehead atoms. The lowest BCUT2D eigenvalue weighted by Gasteiger charge is -2.42. The molecule has 2 rings (SSSR count). The van der Waals surface area contributed by atoms with Crippen LogP contribution < -0.4 is 11.5 Å². The second-order valence-electron chi connectivity index (χ2n) is 5.68. The summed E-state index contributed by atoms with van der Waals surface area (Å²) >= 11 is 0. The number of rotatable bonds is 4. The smallest absolute Gasteiger partial charge is 0.250 e. The Morgan fingerprint density at radius 1 is 1.40 bits per heavy atom. The van der Waals surface area contributed by atoms with Gasteiger partial charge in [0, 0.05) is 12.8 Å². The van der Waals surface area contributed by atoms with Crippen molar-refractivity contribution in [2.75, 3.05) is 12.8 Å². The van der Waals surface area contributed by atoms with Crippen molar-refractivity contribution in [1.82, 2.24) is 0 Å². The number of ether oxygens (including phenoxy) is 1. The maximum Gasteiger partial charge on any atom is 0.250 e. The van der Waals surface area contributed by atoms with E-state index in [1.54, 1.807) is 13.2 Å². The monoisotopic (exact) mass is 276 g/mol. The van der Waals surface area contributed by atoms with Crippen molar-refractivity contribution in [2.45, 2.75) is 51.0 Å². The summed E-state index contributed by atoms with van der Waals surface area (Å²) in [4.78, 5) is 11.5. The molecular formula is C16H24N2O2. The van der Waals surface area contributed by atoms with Crippen LogP contribution in [0.3, 0.4) is 0 Å².